The molecule has 40 heavy (non-hydrogen) atoms. The van der Waals surface area contributed by atoms with E-state index in [4.69, 9.17) is 0 Å². The molecule has 0 bridgehead atoms. The first kappa shape index (κ1) is 27.7. The molecule has 8 nitrogen and oxygen atoms in total. The Morgan fingerprint density at radius 2 is 1.75 bits per heavy atom. The molecular formula is C28H23BrF2N6O2S. The summed E-state index contributed by atoms with van der Waals surface area (Å²) in [6.45, 7) is 0.0325. The monoisotopic (exact) mass is 624 g/mol. The fourth-order valence-electron chi connectivity index (χ4n) is 4.22. The summed E-state index contributed by atoms with van der Waals surface area (Å²) in [6, 6.07) is 19.1. The first-order valence-electron chi connectivity index (χ1n) is 12.2. The fraction of sp³-hybridized carbons (Fsp3) is 0.179. The number of benzene rings is 3. The van der Waals surface area contributed by atoms with Crippen LogP contribution in [0.1, 0.15) is 39.8 Å². The average molecular weight is 625 g/mol. The predicted octanol–water partition coefficient (Wildman–Crippen LogP) is 5.26. The molecule has 12 heteroatoms. The first-order chi connectivity index (χ1) is 19.3. The molecule has 0 aliphatic carbocycles. The summed E-state index contributed by atoms with van der Waals surface area (Å²) in [4.78, 5) is 25.7. The SMILES string of the molecule is Cn1c(CNC(=O)c2ccccc2F)nnc1SCC(=O)N1N=C(c2ccc(Br)cc2)CC1c1ccc(F)cc1. The molecule has 0 fully saturated rings. The lowest BCUT2D eigenvalue weighted by Crippen LogP contribution is -2.28. The smallest absolute Gasteiger partial charge is 0.254 e. The molecule has 4 aromatic rings. The molecule has 0 saturated heterocycles. The number of amides is 2. The molecule has 0 spiro atoms. The van der Waals surface area contributed by atoms with Gasteiger partial charge in [-0.25, -0.2) is 13.8 Å². The Bertz CT molecular complexity index is 1580. The van der Waals surface area contributed by atoms with Gasteiger partial charge in [0.05, 0.1) is 29.6 Å². The maximum atomic E-state index is 13.9. The molecule has 0 saturated carbocycles. The second-order valence-corrected chi connectivity index (χ2v) is 10.8. The Morgan fingerprint density at radius 3 is 2.48 bits per heavy atom. The van der Waals surface area contributed by atoms with Crippen LogP contribution in [0.2, 0.25) is 0 Å². The molecule has 204 valence electrons. The summed E-state index contributed by atoms with van der Waals surface area (Å²) in [5, 5.41) is 17.4. The van der Waals surface area contributed by atoms with E-state index >= 15 is 0 Å². The van der Waals surface area contributed by atoms with Crippen LogP contribution in [0, 0.1) is 11.6 Å². The van der Waals surface area contributed by atoms with E-state index in [1.54, 1.807) is 29.8 Å². The molecule has 2 heterocycles. The van der Waals surface area contributed by atoms with Crippen LogP contribution in [-0.2, 0) is 18.4 Å². The summed E-state index contributed by atoms with van der Waals surface area (Å²) in [5.74, 6) is -1.30. The molecule has 1 aromatic heterocycles. The van der Waals surface area contributed by atoms with Gasteiger partial charge in [-0.3, -0.25) is 9.59 Å². The first-order valence-corrected chi connectivity index (χ1v) is 14.0. The van der Waals surface area contributed by atoms with E-state index in [-0.39, 0.29) is 35.6 Å². The molecule has 0 radical (unpaired) electrons. The minimum Gasteiger partial charge on any atom is -0.345 e. The van der Waals surface area contributed by atoms with Crippen molar-refractivity contribution in [3.8, 4) is 0 Å². The van der Waals surface area contributed by atoms with Gasteiger partial charge in [-0.2, -0.15) is 5.10 Å². The number of carbonyl (C=O) groups is 2. The highest BCUT2D eigenvalue weighted by Gasteiger charge is 2.33. The van der Waals surface area contributed by atoms with E-state index in [1.807, 2.05) is 24.3 Å². The van der Waals surface area contributed by atoms with Crippen LogP contribution >= 0.6 is 27.7 Å². The normalized spacial score (nSPS) is 14.8. The highest BCUT2D eigenvalue weighted by atomic mass is 79.9. The van der Waals surface area contributed by atoms with Gasteiger partial charge in [0.2, 0.25) is 0 Å². The Balaban J connectivity index is 1.27. The fourth-order valence-corrected chi connectivity index (χ4v) is 5.27. The molecule has 1 N–H and O–H groups in total. The maximum absolute atomic E-state index is 13.9. The third kappa shape index (κ3) is 6.13. The predicted molar refractivity (Wildman–Crippen MR) is 151 cm³/mol. The van der Waals surface area contributed by atoms with Crippen LogP contribution in [0.15, 0.2) is 87.5 Å². The average Bonchev–Trinajstić information content (AvgIpc) is 3.55. The van der Waals surface area contributed by atoms with E-state index in [1.165, 1.54) is 47.1 Å². The lowest BCUT2D eigenvalue weighted by atomic mass is 9.98. The lowest BCUT2D eigenvalue weighted by molar-refractivity contribution is -0.130. The largest absolute Gasteiger partial charge is 0.345 e. The van der Waals surface area contributed by atoms with Gasteiger partial charge in [0.25, 0.3) is 11.8 Å². The number of thioether (sulfide) groups is 1. The Morgan fingerprint density at radius 1 is 1.02 bits per heavy atom. The van der Waals surface area contributed by atoms with Crippen molar-refractivity contribution in [3.05, 3.63) is 111 Å². The highest BCUT2D eigenvalue weighted by Crippen LogP contribution is 2.34. The van der Waals surface area contributed by atoms with Crippen molar-refractivity contribution in [1.29, 1.82) is 0 Å². The Kier molecular flexibility index (Phi) is 8.36. The number of nitrogens with zero attached hydrogens (tertiary/aromatic N) is 5. The van der Waals surface area contributed by atoms with Crippen LogP contribution in [0.25, 0.3) is 0 Å². The van der Waals surface area contributed by atoms with Gasteiger partial charge in [-0.15, -0.1) is 10.2 Å². The summed E-state index contributed by atoms with van der Waals surface area (Å²) >= 11 is 4.62. The van der Waals surface area contributed by atoms with Crippen LogP contribution in [0.5, 0.6) is 0 Å². The van der Waals surface area contributed by atoms with Gasteiger partial charge in [-0.1, -0.05) is 64.1 Å². The molecule has 1 aliphatic heterocycles. The quantitative estimate of drug-likeness (QED) is 0.270. The zero-order chi connectivity index (χ0) is 28.2. The van der Waals surface area contributed by atoms with E-state index in [2.05, 4.69) is 36.5 Å². The van der Waals surface area contributed by atoms with Crippen molar-refractivity contribution in [3.63, 3.8) is 0 Å². The second-order valence-electron chi connectivity index (χ2n) is 8.97. The molecule has 5 rings (SSSR count). The van der Waals surface area contributed by atoms with Crippen molar-refractivity contribution >= 4 is 45.2 Å². The van der Waals surface area contributed by atoms with Crippen molar-refractivity contribution in [2.24, 2.45) is 12.1 Å². The van der Waals surface area contributed by atoms with Crippen molar-refractivity contribution < 1.29 is 18.4 Å². The van der Waals surface area contributed by atoms with Crippen LogP contribution in [0.3, 0.4) is 0 Å². The summed E-state index contributed by atoms with van der Waals surface area (Å²) in [6.07, 6.45) is 0.486. The minimum atomic E-state index is -0.612. The van der Waals surface area contributed by atoms with Crippen molar-refractivity contribution in [2.45, 2.75) is 24.2 Å². The summed E-state index contributed by atoms with van der Waals surface area (Å²) in [7, 11) is 1.72. The third-order valence-electron chi connectivity index (χ3n) is 6.37. The number of rotatable bonds is 8. The van der Waals surface area contributed by atoms with Crippen LogP contribution in [-0.4, -0.2) is 43.1 Å². The molecule has 2 amide bonds. The Labute approximate surface area is 241 Å². The van der Waals surface area contributed by atoms with E-state index < -0.39 is 11.7 Å². The van der Waals surface area contributed by atoms with Gasteiger partial charge < -0.3 is 9.88 Å². The molecule has 1 unspecified atom stereocenters. The molecule has 1 atom stereocenters. The zero-order valence-corrected chi connectivity index (χ0v) is 23.6. The van der Waals surface area contributed by atoms with E-state index in [0.717, 1.165) is 21.3 Å². The number of halogens is 3. The molecule has 3 aromatic carbocycles. The van der Waals surface area contributed by atoms with Crippen LogP contribution < -0.4 is 5.32 Å². The number of aromatic nitrogens is 3. The van der Waals surface area contributed by atoms with E-state index in [0.29, 0.717) is 17.4 Å². The highest BCUT2D eigenvalue weighted by molar-refractivity contribution is 9.10. The topological polar surface area (TPSA) is 92.5 Å². The minimum absolute atomic E-state index is 0.0301. The maximum Gasteiger partial charge on any atom is 0.254 e. The lowest BCUT2D eigenvalue weighted by Gasteiger charge is -2.22. The number of hydrazone groups is 1. The summed E-state index contributed by atoms with van der Waals surface area (Å²) in [5.41, 5.74) is 2.37. The number of hydrogen-bond acceptors (Lipinski definition) is 6. The van der Waals surface area contributed by atoms with E-state index in [9.17, 15) is 18.4 Å². The molecule has 1 aliphatic rings. The molecular weight excluding hydrogens is 602 g/mol. The third-order valence-corrected chi connectivity index (χ3v) is 7.91. The van der Waals surface area contributed by atoms with Crippen molar-refractivity contribution in [2.75, 3.05) is 5.75 Å². The second kappa shape index (κ2) is 12.1. The van der Waals surface area contributed by atoms with Crippen LogP contribution in [0.4, 0.5) is 8.78 Å². The number of hydrogen-bond donors (Lipinski definition) is 1. The number of carbonyl (C=O) groups excluding carboxylic acids is 2. The van der Waals surface area contributed by atoms with Gasteiger partial charge in [0, 0.05) is 17.9 Å². The van der Waals surface area contributed by atoms with Crippen molar-refractivity contribution in [1.82, 2.24) is 25.1 Å². The van der Waals surface area contributed by atoms with Gasteiger partial charge in [-0.05, 0) is 47.5 Å². The van der Waals surface area contributed by atoms with Gasteiger partial charge in [0.15, 0.2) is 11.0 Å². The standard InChI is InChI=1S/C28H23BrF2N6O2S/c1-36-25(15-32-27(39)21-4-2-3-5-22(21)31)33-34-28(36)40-16-26(38)37-24(18-8-12-20(30)13-9-18)14-23(35-37)17-6-10-19(29)11-7-17/h2-13,24H,14-16H2,1H3,(H,32,39). The Hall–Kier alpha value is -3.90. The zero-order valence-electron chi connectivity index (χ0n) is 21.2. The number of nitrogens with one attached hydrogen (secondary N) is 1. The summed E-state index contributed by atoms with van der Waals surface area (Å²) < 4.78 is 30.1. The van der Waals surface area contributed by atoms with Gasteiger partial charge in [0.1, 0.15) is 11.6 Å². The van der Waals surface area contributed by atoms with Gasteiger partial charge >= 0.3 is 0 Å².